The van der Waals surface area contributed by atoms with Gasteiger partial charge in [0.2, 0.25) is 0 Å². The van der Waals surface area contributed by atoms with Crippen LogP contribution in [-0.2, 0) is 16.1 Å². The summed E-state index contributed by atoms with van der Waals surface area (Å²) in [5.74, 6) is 0. The summed E-state index contributed by atoms with van der Waals surface area (Å²) in [6.45, 7) is 2.61. The van der Waals surface area contributed by atoms with Gasteiger partial charge < -0.3 is 19.9 Å². The van der Waals surface area contributed by atoms with E-state index in [9.17, 15) is 9.90 Å². The Morgan fingerprint density at radius 3 is 2.90 bits per heavy atom. The third-order valence-electron chi connectivity index (χ3n) is 3.67. The van der Waals surface area contributed by atoms with Gasteiger partial charge in [-0.1, -0.05) is 37.3 Å². The summed E-state index contributed by atoms with van der Waals surface area (Å²) in [4.78, 5) is 11.6. The quantitative estimate of drug-likeness (QED) is 0.844. The molecular formula is C16H23NO4. The molecule has 1 aliphatic rings. The molecule has 0 unspecified atom stereocenters. The number of nitrogens with one attached hydrogen (secondary N) is 1. The van der Waals surface area contributed by atoms with Gasteiger partial charge in [0.05, 0.1) is 18.3 Å². The molecule has 5 nitrogen and oxygen atoms in total. The zero-order chi connectivity index (χ0) is 15.1. The standard InChI is InChI=1S/C16H23NO4/c1-2-14(18)15-9-8-13(21-15)10-17-16(19)20-11-12-6-4-3-5-7-12/h3-7,13-15,18H,2,8-11H2,1H3,(H,17,19)/t13-,14-,15+/m1/s1. The van der Waals surface area contributed by atoms with Crippen LogP contribution in [0.15, 0.2) is 30.3 Å². The van der Waals surface area contributed by atoms with Crippen molar-refractivity contribution in [2.24, 2.45) is 0 Å². The maximum absolute atomic E-state index is 11.6. The second-order valence-corrected chi connectivity index (χ2v) is 5.29. The van der Waals surface area contributed by atoms with Crippen molar-refractivity contribution in [2.75, 3.05) is 6.54 Å². The molecule has 3 atom stereocenters. The number of benzene rings is 1. The van der Waals surface area contributed by atoms with E-state index in [-0.39, 0.29) is 18.8 Å². The van der Waals surface area contributed by atoms with Gasteiger partial charge in [-0.2, -0.15) is 0 Å². The number of ether oxygens (including phenoxy) is 2. The zero-order valence-electron chi connectivity index (χ0n) is 12.3. The molecule has 1 aliphatic heterocycles. The Balaban J connectivity index is 1.63. The molecule has 1 aromatic rings. The number of alkyl carbamates (subject to hydrolysis) is 1. The maximum atomic E-state index is 11.6. The van der Waals surface area contributed by atoms with Gasteiger partial charge in [0, 0.05) is 6.54 Å². The monoisotopic (exact) mass is 293 g/mol. The van der Waals surface area contributed by atoms with Crippen LogP contribution in [0.3, 0.4) is 0 Å². The molecule has 2 rings (SSSR count). The molecule has 0 saturated carbocycles. The second kappa shape index (κ2) is 8.00. The lowest BCUT2D eigenvalue weighted by Crippen LogP contribution is -2.34. The summed E-state index contributed by atoms with van der Waals surface area (Å²) in [7, 11) is 0. The minimum Gasteiger partial charge on any atom is -0.445 e. The highest BCUT2D eigenvalue weighted by Crippen LogP contribution is 2.23. The van der Waals surface area contributed by atoms with Crippen LogP contribution < -0.4 is 5.32 Å². The average molecular weight is 293 g/mol. The zero-order valence-corrected chi connectivity index (χ0v) is 12.3. The summed E-state index contributed by atoms with van der Waals surface area (Å²) in [5, 5.41) is 12.4. The highest BCUT2D eigenvalue weighted by molar-refractivity contribution is 5.67. The summed E-state index contributed by atoms with van der Waals surface area (Å²) < 4.78 is 10.8. The van der Waals surface area contributed by atoms with Crippen molar-refractivity contribution in [3.63, 3.8) is 0 Å². The second-order valence-electron chi connectivity index (χ2n) is 5.29. The summed E-state index contributed by atoms with van der Waals surface area (Å²) in [6.07, 6.45) is 1.36. The van der Waals surface area contributed by atoms with Crippen LogP contribution in [0.4, 0.5) is 4.79 Å². The normalized spacial score (nSPS) is 22.8. The summed E-state index contributed by atoms with van der Waals surface area (Å²) in [5.41, 5.74) is 0.955. The molecular weight excluding hydrogens is 270 g/mol. The first kappa shape index (κ1) is 15.8. The molecule has 0 radical (unpaired) electrons. The fraction of sp³-hybridized carbons (Fsp3) is 0.562. The molecule has 0 aromatic heterocycles. The van der Waals surface area contributed by atoms with Gasteiger partial charge in [-0.3, -0.25) is 0 Å². The molecule has 0 aliphatic carbocycles. The van der Waals surface area contributed by atoms with Crippen LogP contribution in [-0.4, -0.2) is 36.1 Å². The predicted octanol–water partition coefficient (Wildman–Crippen LogP) is 2.23. The van der Waals surface area contributed by atoms with E-state index < -0.39 is 12.2 Å². The van der Waals surface area contributed by atoms with Crippen molar-refractivity contribution >= 4 is 6.09 Å². The summed E-state index contributed by atoms with van der Waals surface area (Å²) >= 11 is 0. The van der Waals surface area contributed by atoms with E-state index in [2.05, 4.69) is 5.32 Å². The number of carbonyl (C=O) groups is 1. The van der Waals surface area contributed by atoms with Gasteiger partial charge in [-0.25, -0.2) is 4.79 Å². The van der Waals surface area contributed by atoms with Gasteiger partial charge in [-0.15, -0.1) is 0 Å². The first-order chi connectivity index (χ1) is 10.2. The third-order valence-corrected chi connectivity index (χ3v) is 3.67. The van der Waals surface area contributed by atoms with E-state index >= 15 is 0 Å². The Hall–Kier alpha value is -1.59. The molecule has 21 heavy (non-hydrogen) atoms. The van der Waals surface area contributed by atoms with Crippen molar-refractivity contribution in [3.05, 3.63) is 35.9 Å². The van der Waals surface area contributed by atoms with Crippen molar-refractivity contribution < 1.29 is 19.4 Å². The van der Waals surface area contributed by atoms with Crippen LogP contribution in [0.25, 0.3) is 0 Å². The maximum Gasteiger partial charge on any atom is 0.407 e. The van der Waals surface area contributed by atoms with Gasteiger partial charge in [0.1, 0.15) is 6.61 Å². The van der Waals surface area contributed by atoms with E-state index in [0.29, 0.717) is 13.0 Å². The predicted molar refractivity (Wildman–Crippen MR) is 78.8 cm³/mol. The molecule has 116 valence electrons. The fourth-order valence-electron chi connectivity index (χ4n) is 2.40. The van der Waals surface area contributed by atoms with Crippen LogP contribution in [0.5, 0.6) is 0 Å². The number of hydrogen-bond acceptors (Lipinski definition) is 4. The van der Waals surface area contributed by atoms with E-state index in [1.54, 1.807) is 0 Å². The smallest absolute Gasteiger partial charge is 0.407 e. The lowest BCUT2D eigenvalue weighted by atomic mass is 10.1. The van der Waals surface area contributed by atoms with Crippen molar-refractivity contribution in [2.45, 2.75) is 51.1 Å². The number of aliphatic hydroxyl groups is 1. The summed E-state index contributed by atoms with van der Waals surface area (Å²) in [6, 6.07) is 9.54. The van der Waals surface area contributed by atoms with Gasteiger partial charge in [0.15, 0.2) is 0 Å². The lowest BCUT2D eigenvalue weighted by Gasteiger charge is -2.18. The van der Waals surface area contributed by atoms with E-state index in [4.69, 9.17) is 9.47 Å². The number of hydrogen-bond donors (Lipinski definition) is 2. The Labute approximate surface area is 125 Å². The van der Waals surface area contributed by atoms with E-state index in [0.717, 1.165) is 18.4 Å². The number of carbonyl (C=O) groups excluding carboxylic acids is 1. The molecule has 1 amide bonds. The van der Waals surface area contributed by atoms with Gasteiger partial charge in [0.25, 0.3) is 0 Å². The van der Waals surface area contributed by atoms with Gasteiger partial charge >= 0.3 is 6.09 Å². The minimum atomic E-state index is -0.443. The highest BCUT2D eigenvalue weighted by Gasteiger charge is 2.29. The van der Waals surface area contributed by atoms with E-state index in [1.807, 2.05) is 37.3 Å². The average Bonchev–Trinajstić information content (AvgIpc) is 3.00. The van der Waals surface area contributed by atoms with Crippen molar-refractivity contribution in [1.82, 2.24) is 5.32 Å². The number of aliphatic hydroxyl groups excluding tert-OH is 1. The Kier molecular flexibility index (Phi) is 6.02. The Morgan fingerprint density at radius 2 is 2.19 bits per heavy atom. The van der Waals surface area contributed by atoms with E-state index in [1.165, 1.54) is 0 Å². The molecule has 1 fully saturated rings. The molecule has 1 heterocycles. The first-order valence-corrected chi connectivity index (χ1v) is 7.47. The topological polar surface area (TPSA) is 67.8 Å². The van der Waals surface area contributed by atoms with Crippen molar-refractivity contribution in [3.8, 4) is 0 Å². The first-order valence-electron chi connectivity index (χ1n) is 7.47. The molecule has 5 heteroatoms. The lowest BCUT2D eigenvalue weighted by molar-refractivity contribution is -0.0341. The largest absolute Gasteiger partial charge is 0.445 e. The molecule has 1 aromatic carbocycles. The molecule has 2 N–H and O–H groups in total. The van der Waals surface area contributed by atoms with Gasteiger partial charge in [-0.05, 0) is 24.8 Å². The third kappa shape index (κ3) is 5.02. The van der Waals surface area contributed by atoms with Crippen LogP contribution in [0, 0.1) is 0 Å². The Bertz CT molecular complexity index is 437. The number of rotatable bonds is 6. The number of amides is 1. The van der Waals surface area contributed by atoms with Crippen LogP contribution in [0.2, 0.25) is 0 Å². The Morgan fingerprint density at radius 1 is 1.43 bits per heavy atom. The fourth-order valence-corrected chi connectivity index (χ4v) is 2.40. The van der Waals surface area contributed by atoms with Crippen molar-refractivity contribution in [1.29, 1.82) is 0 Å². The molecule has 0 spiro atoms. The SMILES string of the molecule is CC[C@@H](O)[C@@H]1CC[C@H](CNC(=O)OCc2ccccc2)O1. The van der Waals surface area contributed by atoms with Crippen LogP contribution in [0.1, 0.15) is 31.7 Å². The minimum absolute atomic E-state index is 0.0412. The molecule has 0 bridgehead atoms. The highest BCUT2D eigenvalue weighted by atomic mass is 16.5. The van der Waals surface area contributed by atoms with Crippen LogP contribution >= 0.6 is 0 Å². The molecule has 1 saturated heterocycles.